The molecular formula is C9H18O2. The van der Waals surface area contributed by atoms with Crippen LogP contribution in [0.5, 0.6) is 0 Å². The number of aliphatic hydroxyl groups is 1. The predicted molar refractivity (Wildman–Crippen MR) is 45.4 cm³/mol. The highest BCUT2D eigenvalue weighted by Gasteiger charge is 2.20. The number of hydrogen-bond donors (Lipinski definition) is 1. The van der Waals surface area contributed by atoms with Crippen LogP contribution in [0.3, 0.4) is 0 Å². The fraction of sp³-hybridized carbons (Fsp3) is 0.889. The molecule has 0 aromatic heterocycles. The van der Waals surface area contributed by atoms with E-state index in [4.69, 9.17) is 5.11 Å². The van der Waals surface area contributed by atoms with Crippen molar-refractivity contribution in [1.82, 2.24) is 0 Å². The van der Waals surface area contributed by atoms with Crippen molar-refractivity contribution in [2.75, 3.05) is 0 Å². The second-order valence-electron chi connectivity index (χ2n) is 4.06. The third-order valence-corrected chi connectivity index (χ3v) is 1.63. The average molecular weight is 158 g/mol. The summed E-state index contributed by atoms with van der Waals surface area (Å²) >= 11 is 0. The highest BCUT2D eigenvalue weighted by molar-refractivity contribution is 5.83. The first-order chi connectivity index (χ1) is 4.84. The van der Waals surface area contributed by atoms with E-state index in [0.29, 0.717) is 12.8 Å². The molecule has 0 aromatic carbocycles. The zero-order valence-corrected chi connectivity index (χ0v) is 7.85. The van der Waals surface area contributed by atoms with Crippen molar-refractivity contribution in [1.29, 1.82) is 0 Å². The first-order valence-corrected chi connectivity index (χ1v) is 4.05. The summed E-state index contributed by atoms with van der Waals surface area (Å²) in [4.78, 5) is 11.3. The van der Waals surface area contributed by atoms with E-state index in [9.17, 15) is 4.79 Å². The van der Waals surface area contributed by atoms with E-state index in [1.165, 1.54) is 0 Å². The van der Waals surface area contributed by atoms with Crippen LogP contribution in [0.2, 0.25) is 0 Å². The van der Waals surface area contributed by atoms with Crippen molar-refractivity contribution in [3.63, 3.8) is 0 Å². The summed E-state index contributed by atoms with van der Waals surface area (Å²) in [6, 6.07) is 0. The van der Waals surface area contributed by atoms with Crippen molar-refractivity contribution < 1.29 is 9.90 Å². The monoisotopic (exact) mass is 158 g/mol. The summed E-state index contributed by atoms with van der Waals surface area (Å²) in [5.41, 5.74) is -0.255. The second-order valence-corrected chi connectivity index (χ2v) is 4.06. The maximum Gasteiger partial charge on any atom is 0.138 e. The van der Waals surface area contributed by atoms with Crippen molar-refractivity contribution in [3.8, 4) is 0 Å². The topological polar surface area (TPSA) is 37.3 Å². The lowest BCUT2D eigenvalue weighted by Gasteiger charge is -2.16. The Kier molecular flexibility index (Phi) is 3.73. The van der Waals surface area contributed by atoms with Gasteiger partial charge in [0.05, 0.1) is 6.10 Å². The molecule has 1 N–H and O–H groups in total. The van der Waals surface area contributed by atoms with Crippen LogP contribution >= 0.6 is 0 Å². The van der Waals surface area contributed by atoms with Crippen molar-refractivity contribution in [2.45, 2.75) is 46.6 Å². The van der Waals surface area contributed by atoms with Crippen molar-refractivity contribution in [2.24, 2.45) is 5.41 Å². The average Bonchev–Trinajstić information content (AvgIpc) is 1.80. The molecule has 0 amide bonds. The Hall–Kier alpha value is -0.370. The number of rotatable bonds is 3. The van der Waals surface area contributed by atoms with Gasteiger partial charge < -0.3 is 5.11 Å². The normalized spacial score (nSPS) is 14.6. The summed E-state index contributed by atoms with van der Waals surface area (Å²) in [5, 5.41) is 8.91. The largest absolute Gasteiger partial charge is 0.393 e. The first kappa shape index (κ1) is 10.6. The molecule has 0 radical (unpaired) electrons. The molecule has 0 aromatic rings. The van der Waals surface area contributed by atoms with Crippen molar-refractivity contribution >= 4 is 5.78 Å². The lowest BCUT2D eigenvalue weighted by atomic mass is 9.88. The molecule has 0 saturated carbocycles. The molecule has 66 valence electrons. The van der Waals surface area contributed by atoms with Gasteiger partial charge in [-0.25, -0.2) is 0 Å². The van der Waals surface area contributed by atoms with Gasteiger partial charge in [0.15, 0.2) is 0 Å². The Morgan fingerprint density at radius 3 is 2.18 bits per heavy atom. The van der Waals surface area contributed by atoms with Gasteiger partial charge in [0.2, 0.25) is 0 Å². The van der Waals surface area contributed by atoms with Gasteiger partial charge >= 0.3 is 0 Å². The van der Waals surface area contributed by atoms with Crippen LogP contribution in [-0.4, -0.2) is 17.0 Å². The van der Waals surface area contributed by atoms with Gasteiger partial charge in [-0.1, -0.05) is 20.8 Å². The SMILES string of the molecule is CC(O)CCC(=O)C(C)(C)C. The van der Waals surface area contributed by atoms with Gasteiger partial charge in [-0.15, -0.1) is 0 Å². The number of aliphatic hydroxyl groups excluding tert-OH is 1. The minimum absolute atomic E-state index is 0.221. The molecule has 1 unspecified atom stereocenters. The minimum Gasteiger partial charge on any atom is -0.393 e. The molecule has 2 nitrogen and oxygen atoms in total. The third-order valence-electron chi connectivity index (χ3n) is 1.63. The number of ketones is 1. The van der Waals surface area contributed by atoms with Crippen LogP contribution < -0.4 is 0 Å². The smallest absolute Gasteiger partial charge is 0.138 e. The van der Waals surface area contributed by atoms with Crippen LogP contribution in [0.4, 0.5) is 0 Å². The number of carbonyl (C=O) groups is 1. The molecule has 0 fully saturated rings. The maximum atomic E-state index is 11.3. The van der Waals surface area contributed by atoms with Crippen LogP contribution in [-0.2, 0) is 4.79 Å². The zero-order chi connectivity index (χ0) is 9.07. The maximum absolute atomic E-state index is 11.3. The van der Waals surface area contributed by atoms with Gasteiger partial charge in [-0.2, -0.15) is 0 Å². The Morgan fingerprint density at radius 1 is 1.45 bits per heavy atom. The fourth-order valence-corrected chi connectivity index (χ4v) is 0.715. The summed E-state index contributed by atoms with van der Waals surface area (Å²) in [7, 11) is 0. The molecule has 0 rings (SSSR count). The fourth-order valence-electron chi connectivity index (χ4n) is 0.715. The molecule has 0 spiro atoms. The van der Waals surface area contributed by atoms with E-state index in [-0.39, 0.29) is 17.3 Å². The third kappa shape index (κ3) is 4.96. The summed E-state index contributed by atoms with van der Waals surface area (Å²) in [6.45, 7) is 7.40. The number of carbonyl (C=O) groups excluding carboxylic acids is 1. The highest BCUT2D eigenvalue weighted by atomic mass is 16.3. The molecule has 0 saturated heterocycles. The zero-order valence-electron chi connectivity index (χ0n) is 7.85. The van der Waals surface area contributed by atoms with Gasteiger partial charge in [-0.3, -0.25) is 4.79 Å². The van der Waals surface area contributed by atoms with Gasteiger partial charge in [0.25, 0.3) is 0 Å². The van der Waals surface area contributed by atoms with E-state index >= 15 is 0 Å². The molecule has 0 aliphatic heterocycles. The van der Waals surface area contributed by atoms with E-state index in [1.807, 2.05) is 20.8 Å². The molecular weight excluding hydrogens is 140 g/mol. The highest BCUT2D eigenvalue weighted by Crippen LogP contribution is 2.17. The van der Waals surface area contributed by atoms with Crippen LogP contribution in [0.1, 0.15) is 40.5 Å². The van der Waals surface area contributed by atoms with Crippen molar-refractivity contribution in [3.05, 3.63) is 0 Å². The molecule has 0 heterocycles. The standard InChI is InChI=1S/C9H18O2/c1-7(10)5-6-8(11)9(2,3)4/h7,10H,5-6H2,1-4H3. The summed E-state index contributed by atoms with van der Waals surface area (Å²) in [6.07, 6.45) is 0.707. The molecule has 0 aliphatic rings. The minimum atomic E-state index is -0.360. The Balaban J connectivity index is 3.71. The van der Waals surface area contributed by atoms with E-state index in [0.717, 1.165) is 0 Å². The lowest BCUT2D eigenvalue weighted by molar-refractivity contribution is -0.126. The van der Waals surface area contributed by atoms with Crippen LogP contribution in [0.25, 0.3) is 0 Å². The summed E-state index contributed by atoms with van der Waals surface area (Å²) < 4.78 is 0. The lowest BCUT2D eigenvalue weighted by Crippen LogP contribution is -2.21. The molecule has 2 heteroatoms. The van der Waals surface area contributed by atoms with Crippen LogP contribution in [0, 0.1) is 5.41 Å². The van der Waals surface area contributed by atoms with Gasteiger partial charge in [-0.05, 0) is 13.3 Å². The first-order valence-electron chi connectivity index (χ1n) is 4.05. The summed E-state index contributed by atoms with van der Waals surface area (Å²) in [5.74, 6) is 0.221. The molecule has 0 bridgehead atoms. The van der Waals surface area contributed by atoms with E-state index in [1.54, 1.807) is 6.92 Å². The number of hydrogen-bond acceptors (Lipinski definition) is 2. The van der Waals surface area contributed by atoms with Crippen LogP contribution in [0.15, 0.2) is 0 Å². The molecule has 11 heavy (non-hydrogen) atoms. The van der Waals surface area contributed by atoms with E-state index < -0.39 is 0 Å². The molecule has 1 atom stereocenters. The Morgan fingerprint density at radius 2 is 1.91 bits per heavy atom. The Bertz CT molecular complexity index is 131. The van der Waals surface area contributed by atoms with Gasteiger partial charge in [0.1, 0.15) is 5.78 Å². The Labute approximate surface area is 68.6 Å². The number of Topliss-reactive ketones (excluding diaryl/α,β-unsaturated/α-hetero) is 1. The second kappa shape index (κ2) is 3.86. The quantitative estimate of drug-likeness (QED) is 0.679. The molecule has 0 aliphatic carbocycles. The van der Waals surface area contributed by atoms with E-state index in [2.05, 4.69) is 0 Å². The predicted octanol–water partition coefficient (Wildman–Crippen LogP) is 1.76. The van der Waals surface area contributed by atoms with Gasteiger partial charge in [0, 0.05) is 11.8 Å².